The second-order valence-corrected chi connectivity index (χ2v) is 6.61. The number of carbonyl (C=O) groups is 2. The van der Waals surface area contributed by atoms with Crippen LogP contribution in [0.3, 0.4) is 0 Å². The first-order valence-corrected chi connectivity index (χ1v) is 9.04. The Labute approximate surface area is 151 Å². The van der Waals surface area contributed by atoms with Crippen LogP contribution in [0.15, 0.2) is 53.4 Å². The van der Waals surface area contributed by atoms with E-state index in [0.717, 1.165) is 0 Å². The summed E-state index contributed by atoms with van der Waals surface area (Å²) < 4.78 is 16.8. The van der Waals surface area contributed by atoms with Crippen molar-refractivity contribution >= 4 is 34.1 Å². The van der Waals surface area contributed by atoms with Gasteiger partial charge < -0.3 is 10.1 Å². The van der Waals surface area contributed by atoms with Gasteiger partial charge in [-0.1, -0.05) is 24.3 Å². The van der Waals surface area contributed by atoms with Crippen LogP contribution in [0, 0.1) is 10.1 Å². The number of nitro groups is 1. The van der Waals surface area contributed by atoms with E-state index in [9.17, 15) is 23.9 Å². The molecule has 0 fully saturated rings. The number of nitro benzene ring substituents is 1. The summed E-state index contributed by atoms with van der Waals surface area (Å²) >= 11 is 0. The molecular formula is C17H16N2O6S. The Morgan fingerprint density at radius 3 is 2.42 bits per heavy atom. The molecule has 2 aromatic rings. The van der Waals surface area contributed by atoms with Crippen LogP contribution in [0.1, 0.15) is 17.3 Å². The van der Waals surface area contributed by atoms with Gasteiger partial charge in [0.15, 0.2) is 6.10 Å². The summed E-state index contributed by atoms with van der Waals surface area (Å²) in [4.78, 5) is 35.1. The van der Waals surface area contributed by atoms with Gasteiger partial charge in [-0.25, -0.2) is 4.79 Å². The SMILES string of the molecule is C[C@@H](OC(=O)c1ccccc1[S@@](C)=O)C(=O)Nc1ccccc1[N+](=O)[O-]. The van der Waals surface area contributed by atoms with Gasteiger partial charge in [-0.05, 0) is 25.1 Å². The molecule has 1 N–H and O–H groups in total. The van der Waals surface area contributed by atoms with Gasteiger partial charge in [0.25, 0.3) is 11.6 Å². The Balaban J connectivity index is 2.12. The molecule has 0 saturated carbocycles. The van der Waals surface area contributed by atoms with E-state index in [1.54, 1.807) is 12.1 Å². The fourth-order valence-corrected chi connectivity index (χ4v) is 2.87. The Hall–Kier alpha value is -3.07. The lowest BCUT2D eigenvalue weighted by Crippen LogP contribution is -2.30. The second kappa shape index (κ2) is 8.34. The largest absolute Gasteiger partial charge is 0.449 e. The first kappa shape index (κ1) is 19.3. The number of benzene rings is 2. The molecule has 0 saturated heterocycles. The zero-order valence-electron chi connectivity index (χ0n) is 14.0. The molecule has 8 nitrogen and oxygen atoms in total. The zero-order chi connectivity index (χ0) is 19.3. The van der Waals surface area contributed by atoms with Crippen molar-refractivity contribution in [3.63, 3.8) is 0 Å². The number of hydrogen-bond acceptors (Lipinski definition) is 6. The number of amides is 1. The van der Waals surface area contributed by atoms with E-state index in [2.05, 4.69) is 5.32 Å². The third-order valence-corrected chi connectivity index (χ3v) is 4.40. The predicted octanol–water partition coefficient (Wildman–Crippen LogP) is 2.52. The monoisotopic (exact) mass is 376 g/mol. The van der Waals surface area contributed by atoms with Crippen LogP contribution >= 0.6 is 0 Å². The number of ether oxygens (including phenoxy) is 1. The first-order valence-electron chi connectivity index (χ1n) is 7.49. The third-order valence-electron chi connectivity index (χ3n) is 3.43. The summed E-state index contributed by atoms with van der Waals surface area (Å²) in [5.74, 6) is -1.52. The number of nitrogens with zero attached hydrogens (tertiary/aromatic N) is 1. The minimum Gasteiger partial charge on any atom is -0.449 e. The molecule has 0 aliphatic rings. The Bertz CT molecular complexity index is 883. The number of hydrogen-bond donors (Lipinski definition) is 1. The van der Waals surface area contributed by atoms with Crippen molar-refractivity contribution < 1.29 is 23.5 Å². The molecule has 0 bridgehead atoms. The van der Waals surface area contributed by atoms with Crippen LogP contribution in [-0.2, 0) is 20.3 Å². The van der Waals surface area contributed by atoms with Crippen LogP contribution in [0.5, 0.6) is 0 Å². The Morgan fingerprint density at radius 2 is 1.77 bits per heavy atom. The molecule has 0 aliphatic carbocycles. The van der Waals surface area contributed by atoms with Gasteiger partial charge in [0.1, 0.15) is 5.69 Å². The van der Waals surface area contributed by atoms with Crippen LogP contribution < -0.4 is 5.32 Å². The maximum Gasteiger partial charge on any atom is 0.340 e. The smallest absolute Gasteiger partial charge is 0.340 e. The molecule has 0 spiro atoms. The molecule has 136 valence electrons. The summed E-state index contributed by atoms with van der Waals surface area (Å²) in [6.45, 7) is 1.34. The van der Waals surface area contributed by atoms with E-state index >= 15 is 0 Å². The third kappa shape index (κ3) is 4.51. The predicted molar refractivity (Wildman–Crippen MR) is 95.4 cm³/mol. The highest BCUT2D eigenvalue weighted by atomic mass is 32.2. The van der Waals surface area contributed by atoms with Crippen LogP contribution in [-0.4, -0.2) is 33.4 Å². The van der Waals surface area contributed by atoms with Gasteiger partial charge >= 0.3 is 5.97 Å². The van der Waals surface area contributed by atoms with Gasteiger partial charge in [-0.15, -0.1) is 0 Å². The maximum atomic E-state index is 12.3. The lowest BCUT2D eigenvalue weighted by molar-refractivity contribution is -0.383. The fraction of sp³-hybridized carbons (Fsp3) is 0.176. The van der Waals surface area contributed by atoms with Crippen LogP contribution in [0.4, 0.5) is 11.4 Å². The minimum atomic E-state index is -1.40. The van der Waals surface area contributed by atoms with Gasteiger partial charge in [0.05, 0.1) is 26.2 Å². The van der Waals surface area contributed by atoms with E-state index < -0.39 is 33.7 Å². The van der Waals surface area contributed by atoms with E-state index in [1.807, 2.05) is 0 Å². The highest BCUT2D eigenvalue weighted by molar-refractivity contribution is 7.84. The van der Waals surface area contributed by atoms with Crippen molar-refractivity contribution in [2.45, 2.75) is 17.9 Å². The summed E-state index contributed by atoms with van der Waals surface area (Å²) in [5, 5.41) is 13.3. The molecule has 0 aromatic heterocycles. The lowest BCUT2D eigenvalue weighted by atomic mass is 10.2. The molecule has 0 aliphatic heterocycles. The Kier molecular flexibility index (Phi) is 6.18. The average molecular weight is 376 g/mol. The molecule has 1 amide bonds. The number of para-hydroxylation sites is 2. The van der Waals surface area contributed by atoms with Crippen molar-refractivity contribution in [1.82, 2.24) is 0 Å². The summed E-state index contributed by atoms with van der Waals surface area (Å²) in [5.41, 5.74) is -0.176. The van der Waals surface area contributed by atoms with E-state index in [4.69, 9.17) is 4.74 Å². The fourth-order valence-electron chi connectivity index (χ4n) is 2.14. The van der Waals surface area contributed by atoms with E-state index in [-0.39, 0.29) is 16.9 Å². The van der Waals surface area contributed by atoms with Crippen LogP contribution in [0.25, 0.3) is 0 Å². The number of esters is 1. The normalized spacial score (nSPS) is 12.7. The quantitative estimate of drug-likeness (QED) is 0.470. The summed E-state index contributed by atoms with van der Waals surface area (Å²) in [6, 6.07) is 11.8. The summed E-state index contributed by atoms with van der Waals surface area (Å²) in [7, 11) is -1.40. The molecular weight excluding hydrogens is 360 g/mol. The van der Waals surface area contributed by atoms with Crippen molar-refractivity contribution in [2.24, 2.45) is 0 Å². The highest BCUT2D eigenvalue weighted by Crippen LogP contribution is 2.23. The van der Waals surface area contributed by atoms with Gasteiger partial charge in [-0.3, -0.25) is 19.1 Å². The van der Waals surface area contributed by atoms with Gasteiger partial charge in [-0.2, -0.15) is 0 Å². The topological polar surface area (TPSA) is 116 Å². The number of nitrogens with one attached hydrogen (secondary N) is 1. The number of rotatable bonds is 6. The zero-order valence-corrected chi connectivity index (χ0v) is 14.8. The van der Waals surface area contributed by atoms with E-state index in [0.29, 0.717) is 4.90 Å². The average Bonchev–Trinajstić information content (AvgIpc) is 2.61. The standard InChI is InChI=1S/C17H16N2O6S/c1-11(16(20)18-13-8-4-5-9-14(13)19(22)23)25-17(21)12-7-3-6-10-15(12)26(2)24/h3-11H,1-2H3,(H,18,20)/t11-,26-/m1/s1. The first-order chi connectivity index (χ1) is 12.3. The molecule has 9 heteroatoms. The molecule has 26 heavy (non-hydrogen) atoms. The molecule has 2 aromatic carbocycles. The van der Waals surface area contributed by atoms with Crippen molar-refractivity contribution in [2.75, 3.05) is 11.6 Å². The number of anilines is 1. The van der Waals surface area contributed by atoms with Gasteiger partial charge in [0.2, 0.25) is 0 Å². The molecule has 2 rings (SSSR count). The van der Waals surface area contributed by atoms with E-state index in [1.165, 1.54) is 49.6 Å². The highest BCUT2D eigenvalue weighted by Gasteiger charge is 2.23. The lowest BCUT2D eigenvalue weighted by Gasteiger charge is -2.14. The maximum absolute atomic E-state index is 12.3. The molecule has 2 atom stereocenters. The van der Waals surface area contributed by atoms with Crippen molar-refractivity contribution in [3.05, 3.63) is 64.2 Å². The summed E-state index contributed by atoms with van der Waals surface area (Å²) in [6.07, 6.45) is 0.220. The van der Waals surface area contributed by atoms with Gasteiger partial charge in [0, 0.05) is 12.3 Å². The molecule has 0 unspecified atom stereocenters. The van der Waals surface area contributed by atoms with Crippen molar-refractivity contribution in [1.29, 1.82) is 0 Å². The minimum absolute atomic E-state index is 0.000427. The molecule has 0 radical (unpaired) electrons. The van der Waals surface area contributed by atoms with Crippen molar-refractivity contribution in [3.8, 4) is 0 Å². The second-order valence-electron chi connectivity index (χ2n) is 5.26. The van der Waals surface area contributed by atoms with Crippen LogP contribution in [0.2, 0.25) is 0 Å². The molecule has 0 heterocycles. The Morgan fingerprint density at radius 1 is 1.15 bits per heavy atom. The number of carbonyl (C=O) groups excluding carboxylic acids is 2.